The van der Waals surface area contributed by atoms with E-state index in [0.717, 1.165) is 11.5 Å². The summed E-state index contributed by atoms with van der Waals surface area (Å²) >= 11 is 1.76. The molecule has 0 aliphatic rings. The molecule has 4 rings (SSSR count). The second-order valence-electron chi connectivity index (χ2n) is 6.07. The molecule has 0 N–H and O–H groups in total. The molecule has 24 heavy (non-hydrogen) atoms. The van der Waals surface area contributed by atoms with Crippen molar-refractivity contribution in [2.45, 2.75) is 12.3 Å². The fourth-order valence-electron chi connectivity index (χ4n) is 3.40. The lowest BCUT2D eigenvalue weighted by Gasteiger charge is -2.31. The number of aromatic nitrogens is 1. The molecule has 2 nitrogen and oxygen atoms in total. The number of hydrogen-bond donors (Lipinski definition) is 0. The van der Waals surface area contributed by atoms with E-state index in [2.05, 4.69) is 84.0 Å². The zero-order chi connectivity index (χ0) is 16.6. The Kier molecular flexibility index (Phi) is 3.66. The summed E-state index contributed by atoms with van der Waals surface area (Å²) in [6.45, 7) is 2.00. The van der Waals surface area contributed by atoms with Crippen molar-refractivity contribution in [1.82, 2.24) is 4.57 Å². The fraction of sp³-hybridized carbons (Fsp3) is 0.143. The maximum absolute atomic E-state index is 6.19. The van der Waals surface area contributed by atoms with Gasteiger partial charge in [0.15, 0.2) is 0 Å². The minimum absolute atomic E-state index is 0.426. The molecular formula is C21H19NOS. The third-order valence-corrected chi connectivity index (χ3v) is 5.46. The number of benzene rings is 1. The molecule has 120 valence electrons. The van der Waals surface area contributed by atoms with Gasteiger partial charge in [-0.2, -0.15) is 0 Å². The first-order chi connectivity index (χ1) is 11.7. The molecule has 1 unspecified atom stereocenters. The van der Waals surface area contributed by atoms with Crippen molar-refractivity contribution in [3.63, 3.8) is 0 Å². The van der Waals surface area contributed by atoms with Gasteiger partial charge in [0.05, 0.1) is 0 Å². The highest BCUT2D eigenvalue weighted by atomic mass is 32.1. The maximum Gasteiger partial charge on any atom is 0.124 e. The van der Waals surface area contributed by atoms with Crippen LogP contribution in [0.15, 0.2) is 82.9 Å². The van der Waals surface area contributed by atoms with Crippen molar-refractivity contribution in [2.24, 2.45) is 7.05 Å². The topological polar surface area (TPSA) is 18.1 Å². The SMILES string of the molecule is Cc1ccc(C(c2ccccc2)(c2ccn(C)c2)c2cccs2)o1. The van der Waals surface area contributed by atoms with Crippen molar-refractivity contribution in [3.05, 3.63) is 106 Å². The third kappa shape index (κ3) is 2.24. The normalized spacial score (nSPS) is 13.8. The van der Waals surface area contributed by atoms with Gasteiger partial charge in [-0.25, -0.2) is 0 Å². The summed E-state index contributed by atoms with van der Waals surface area (Å²) < 4.78 is 8.28. The smallest absolute Gasteiger partial charge is 0.124 e. The number of hydrogen-bond acceptors (Lipinski definition) is 2. The van der Waals surface area contributed by atoms with Gasteiger partial charge < -0.3 is 8.98 Å². The second kappa shape index (κ2) is 5.84. The van der Waals surface area contributed by atoms with E-state index < -0.39 is 5.41 Å². The average Bonchev–Trinajstić information content (AvgIpc) is 3.33. The Hall–Kier alpha value is -2.52. The van der Waals surface area contributed by atoms with E-state index in [0.29, 0.717) is 0 Å². The molecule has 3 aromatic heterocycles. The van der Waals surface area contributed by atoms with E-state index >= 15 is 0 Å². The summed E-state index contributed by atoms with van der Waals surface area (Å²) in [6.07, 6.45) is 4.28. The Morgan fingerprint density at radius 2 is 1.75 bits per heavy atom. The van der Waals surface area contributed by atoms with Crippen LogP contribution in [0.3, 0.4) is 0 Å². The van der Waals surface area contributed by atoms with Crippen LogP contribution in [0.1, 0.15) is 27.5 Å². The molecule has 1 atom stereocenters. The summed E-state index contributed by atoms with van der Waals surface area (Å²) in [5.74, 6) is 1.89. The van der Waals surface area contributed by atoms with Gasteiger partial charge in [0.1, 0.15) is 16.9 Å². The maximum atomic E-state index is 6.19. The minimum Gasteiger partial charge on any atom is -0.465 e. The number of thiophene rings is 1. The lowest BCUT2D eigenvalue weighted by Crippen LogP contribution is -2.29. The van der Waals surface area contributed by atoms with E-state index in [9.17, 15) is 0 Å². The highest BCUT2D eigenvalue weighted by molar-refractivity contribution is 7.10. The van der Waals surface area contributed by atoms with Crippen LogP contribution in [-0.2, 0) is 12.5 Å². The third-order valence-electron chi connectivity index (χ3n) is 4.47. The van der Waals surface area contributed by atoms with Gasteiger partial charge in [0.2, 0.25) is 0 Å². The molecule has 0 saturated carbocycles. The Morgan fingerprint density at radius 1 is 0.917 bits per heavy atom. The fourth-order valence-corrected chi connectivity index (χ4v) is 4.37. The van der Waals surface area contributed by atoms with Crippen molar-refractivity contribution in [1.29, 1.82) is 0 Å². The molecule has 3 heteroatoms. The standard InChI is InChI=1S/C21H19NOS/c1-16-10-11-19(23-16)21(20-9-6-14-24-20,17-7-4-3-5-8-17)18-12-13-22(2)15-18/h3-15H,1-2H3. The molecule has 0 amide bonds. The van der Waals surface area contributed by atoms with Crippen LogP contribution in [0.4, 0.5) is 0 Å². The summed E-state index contributed by atoms with van der Waals surface area (Å²) in [5.41, 5.74) is 2.01. The van der Waals surface area contributed by atoms with Gasteiger partial charge in [-0.05, 0) is 47.7 Å². The molecule has 0 aliphatic carbocycles. The highest BCUT2D eigenvalue weighted by Crippen LogP contribution is 2.47. The first kappa shape index (κ1) is 15.0. The van der Waals surface area contributed by atoms with E-state index in [1.807, 2.05) is 13.0 Å². The number of aryl methyl sites for hydroxylation is 2. The predicted molar refractivity (Wildman–Crippen MR) is 98.6 cm³/mol. The van der Waals surface area contributed by atoms with Gasteiger partial charge in [-0.1, -0.05) is 36.4 Å². The first-order valence-corrected chi connectivity index (χ1v) is 8.88. The van der Waals surface area contributed by atoms with Crippen LogP contribution in [-0.4, -0.2) is 4.57 Å². The molecule has 0 spiro atoms. The van der Waals surface area contributed by atoms with E-state index in [1.165, 1.54) is 16.0 Å². The van der Waals surface area contributed by atoms with E-state index in [1.54, 1.807) is 11.3 Å². The predicted octanol–water partition coefficient (Wildman–Crippen LogP) is 5.37. The van der Waals surface area contributed by atoms with Crippen LogP contribution in [0, 0.1) is 6.92 Å². The monoisotopic (exact) mass is 333 g/mol. The van der Waals surface area contributed by atoms with Crippen molar-refractivity contribution < 1.29 is 4.42 Å². The largest absolute Gasteiger partial charge is 0.465 e. The van der Waals surface area contributed by atoms with Gasteiger partial charge in [0.25, 0.3) is 0 Å². The molecule has 3 heterocycles. The average molecular weight is 333 g/mol. The Bertz CT molecular complexity index is 891. The lowest BCUT2D eigenvalue weighted by atomic mass is 9.72. The zero-order valence-electron chi connectivity index (χ0n) is 13.8. The lowest BCUT2D eigenvalue weighted by molar-refractivity contribution is 0.444. The summed E-state index contributed by atoms with van der Waals surface area (Å²) in [5, 5.41) is 2.13. The van der Waals surface area contributed by atoms with E-state index in [-0.39, 0.29) is 0 Å². The summed E-state index contributed by atoms with van der Waals surface area (Å²) in [7, 11) is 2.06. The number of nitrogens with zero attached hydrogens (tertiary/aromatic N) is 1. The Morgan fingerprint density at radius 3 is 2.33 bits per heavy atom. The molecule has 1 aromatic carbocycles. The Balaban J connectivity index is 2.11. The zero-order valence-corrected chi connectivity index (χ0v) is 14.6. The first-order valence-electron chi connectivity index (χ1n) is 8.00. The van der Waals surface area contributed by atoms with Crippen LogP contribution >= 0.6 is 11.3 Å². The molecule has 0 fully saturated rings. The quantitative estimate of drug-likeness (QED) is 0.491. The van der Waals surface area contributed by atoms with Crippen LogP contribution in [0.5, 0.6) is 0 Å². The Labute approximate surface area is 146 Å². The van der Waals surface area contributed by atoms with Gasteiger partial charge in [0, 0.05) is 24.3 Å². The molecule has 0 radical (unpaired) electrons. The molecule has 4 aromatic rings. The molecule has 0 aliphatic heterocycles. The second-order valence-corrected chi connectivity index (χ2v) is 7.02. The molecule has 0 bridgehead atoms. The molecule has 0 saturated heterocycles. The minimum atomic E-state index is -0.426. The highest BCUT2D eigenvalue weighted by Gasteiger charge is 2.42. The molecular weight excluding hydrogens is 314 g/mol. The van der Waals surface area contributed by atoms with E-state index in [4.69, 9.17) is 4.42 Å². The van der Waals surface area contributed by atoms with Crippen molar-refractivity contribution in [3.8, 4) is 0 Å². The van der Waals surface area contributed by atoms with Crippen molar-refractivity contribution >= 4 is 11.3 Å². The van der Waals surface area contributed by atoms with Crippen LogP contribution in [0.2, 0.25) is 0 Å². The van der Waals surface area contributed by atoms with Gasteiger partial charge in [-0.15, -0.1) is 11.3 Å². The van der Waals surface area contributed by atoms with Gasteiger partial charge >= 0.3 is 0 Å². The number of rotatable bonds is 4. The summed E-state index contributed by atoms with van der Waals surface area (Å²) in [4.78, 5) is 1.26. The summed E-state index contributed by atoms with van der Waals surface area (Å²) in [6, 6.07) is 21.3. The van der Waals surface area contributed by atoms with Crippen LogP contribution in [0.25, 0.3) is 0 Å². The number of furan rings is 1. The van der Waals surface area contributed by atoms with Crippen molar-refractivity contribution in [2.75, 3.05) is 0 Å². The van der Waals surface area contributed by atoms with Crippen LogP contribution < -0.4 is 0 Å². The van der Waals surface area contributed by atoms with Gasteiger partial charge in [-0.3, -0.25) is 0 Å².